The summed E-state index contributed by atoms with van der Waals surface area (Å²) in [6, 6.07) is 15.5. The second kappa shape index (κ2) is 7.85. The lowest BCUT2D eigenvalue weighted by molar-refractivity contribution is -0.116. The highest BCUT2D eigenvalue weighted by atomic mass is 16.5. The molecule has 5 nitrogen and oxygen atoms in total. The lowest BCUT2D eigenvalue weighted by atomic mass is 9.98. The van der Waals surface area contributed by atoms with Crippen molar-refractivity contribution < 1.29 is 14.3 Å². The van der Waals surface area contributed by atoms with E-state index in [9.17, 15) is 4.79 Å². The molecule has 130 valence electrons. The van der Waals surface area contributed by atoms with Crippen LogP contribution >= 0.6 is 0 Å². The number of amides is 1. The van der Waals surface area contributed by atoms with Crippen LogP contribution in [-0.4, -0.2) is 26.6 Å². The first-order chi connectivity index (χ1) is 12.2. The van der Waals surface area contributed by atoms with E-state index in [1.807, 2.05) is 61.7 Å². The molecule has 0 bridgehead atoms. The monoisotopic (exact) mass is 338 g/mol. The smallest absolute Gasteiger partial charge is 0.249 e. The van der Waals surface area contributed by atoms with Gasteiger partial charge in [-0.3, -0.25) is 4.79 Å². The van der Waals surface area contributed by atoms with E-state index in [4.69, 9.17) is 9.47 Å². The maximum absolute atomic E-state index is 12.0. The van der Waals surface area contributed by atoms with Crippen molar-refractivity contribution in [1.82, 2.24) is 10.6 Å². The average Bonchev–Trinajstić information content (AvgIpc) is 3.08. The summed E-state index contributed by atoms with van der Waals surface area (Å²) in [7, 11) is 3.45. The van der Waals surface area contributed by atoms with E-state index in [1.165, 1.54) is 0 Å². The lowest BCUT2D eigenvalue weighted by Crippen LogP contribution is -2.26. The van der Waals surface area contributed by atoms with Gasteiger partial charge in [0.1, 0.15) is 18.1 Å². The molecule has 1 aliphatic rings. The standard InChI is InChI=1S/C20H22N2O3/c1-21-19(17-10-11-22-20(17)23)16-9-8-15(12-18(16)24-2)25-13-14-6-4-3-5-7-14/h3-10,12,19,21H,11,13H2,1-2H3,(H,22,23). The van der Waals surface area contributed by atoms with Crippen LogP contribution in [-0.2, 0) is 11.4 Å². The van der Waals surface area contributed by atoms with Crippen molar-refractivity contribution in [3.8, 4) is 11.5 Å². The van der Waals surface area contributed by atoms with E-state index in [2.05, 4.69) is 10.6 Å². The summed E-state index contributed by atoms with van der Waals surface area (Å²) in [5, 5.41) is 6.00. The molecule has 0 aliphatic carbocycles. The second-order valence-electron chi connectivity index (χ2n) is 5.77. The Morgan fingerprint density at radius 2 is 2.00 bits per heavy atom. The van der Waals surface area contributed by atoms with Gasteiger partial charge in [0.2, 0.25) is 5.91 Å². The predicted molar refractivity (Wildman–Crippen MR) is 96.7 cm³/mol. The van der Waals surface area contributed by atoms with Crippen LogP contribution in [0.1, 0.15) is 17.2 Å². The summed E-state index contributed by atoms with van der Waals surface area (Å²) >= 11 is 0. The Hall–Kier alpha value is -2.79. The third-order valence-corrected chi connectivity index (χ3v) is 4.21. The quantitative estimate of drug-likeness (QED) is 0.815. The maximum Gasteiger partial charge on any atom is 0.249 e. The summed E-state index contributed by atoms with van der Waals surface area (Å²) in [6.07, 6.45) is 1.91. The molecule has 0 saturated heterocycles. The van der Waals surface area contributed by atoms with Crippen molar-refractivity contribution in [2.24, 2.45) is 0 Å². The summed E-state index contributed by atoms with van der Waals surface area (Å²) in [5.41, 5.74) is 2.71. The third kappa shape index (κ3) is 3.83. The van der Waals surface area contributed by atoms with Gasteiger partial charge >= 0.3 is 0 Å². The fourth-order valence-corrected chi connectivity index (χ4v) is 2.94. The molecule has 1 aliphatic heterocycles. The fraction of sp³-hybridized carbons (Fsp3) is 0.250. The zero-order valence-electron chi connectivity index (χ0n) is 14.4. The highest BCUT2D eigenvalue weighted by Gasteiger charge is 2.26. The zero-order chi connectivity index (χ0) is 17.6. The molecule has 0 fully saturated rings. The molecule has 1 atom stereocenters. The molecule has 0 spiro atoms. The number of hydrogen-bond acceptors (Lipinski definition) is 4. The molecule has 2 aromatic carbocycles. The van der Waals surface area contributed by atoms with E-state index in [0.717, 1.165) is 16.9 Å². The Morgan fingerprint density at radius 1 is 1.20 bits per heavy atom. The van der Waals surface area contributed by atoms with Gasteiger partial charge in [-0.1, -0.05) is 36.4 Å². The third-order valence-electron chi connectivity index (χ3n) is 4.21. The van der Waals surface area contributed by atoms with Crippen LogP contribution in [0, 0.1) is 0 Å². The number of ether oxygens (including phenoxy) is 2. The Kier molecular flexibility index (Phi) is 5.36. The van der Waals surface area contributed by atoms with Crippen molar-refractivity contribution in [2.75, 3.05) is 20.7 Å². The Bertz CT molecular complexity index is 772. The van der Waals surface area contributed by atoms with Gasteiger partial charge in [-0.05, 0) is 24.7 Å². The van der Waals surface area contributed by atoms with E-state index >= 15 is 0 Å². The number of rotatable bonds is 7. The number of hydrogen-bond donors (Lipinski definition) is 2. The second-order valence-corrected chi connectivity index (χ2v) is 5.77. The minimum atomic E-state index is -0.222. The number of benzene rings is 2. The van der Waals surface area contributed by atoms with Gasteiger partial charge < -0.3 is 20.1 Å². The molecule has 25 heavy (non-hydrogen) atoms. The average molecular weight is 338 g/mol. The normalized spacial score (nSPS) is 14.6. The van der Waals surface area contributed by atoms with Crippen LogP contribution in [0.4, 0.5) is 0 Å². The molecular formula is C20H22N2O3. The van der Waals surface area contributed by atoms with Gasteiger partial charge in [-0.25, -0.2) is 0 Å². The molecule has 5 heteroatoms. The number of nitrogens with one attached hydrogen (secondary N) is 2. The van der Waals surface area contributed by atoms with Crippen LogP contribution in [0.5, 0.6) is 11.5 Å². The van der Waals surface area contributed by atoms with E-state index in [-0.39, 0.29) is 11.9 Å². The Morgan fingerprint density at radius 3 is 2.64 bits per heavy atom. The number of carbonyl (C=O) groups excluding carboxylic acids is 1. The van der Waals surface area contributed by atoms with Crippen molar-refractivity contribution in [2.45, 2.75) is 12.6 Å². The molecular weight excluding hydrogens is 316 g/mol. The molecule has 0 saturated carbocycles. The minimum Gasteiger partial charge on any atom is -0.496 e. The van der Waals surface area contributed by atoms with Crippen LogP contribution in [0.15, 0.2) is 60.2 Å². The van der Waals surface area contributed by atoms with Crippen LogP contribution in [0.3, 0.4) is 0 Å². The number of methoxy groups -OCH3 is 1. The molecule has 1 unspecified atom stereocenters. The van der Waals surface area contributed by atoms with Gasteiger partial charge in [-0.15, -0.1) is 0 Å². The maximum atomic E-state index is 12.0. The molecule has 2 aromatic rings. The summed E-state index contributed by atoms with van der Waals surface area (Å²) in [6.45, 7) is 1.05. The summed E-state index contributed by atoms with van der Waals surface area (Å²) < 4.78 is 11.4. The van der Waals surface area contributed by atoms with Gasteiger partial charge in [-0.2, -0.15) is 0 Å². The van der Waals surface area contributed by atoms with E-state index in [1.54, 1.807) is 7.11 Å². The molecule has 1 heterocycles. The largest absolute Gasteiger partial charge is 0.496 e. The first-order valence-electron chi connectivity index (χ1n) is 8.23. The Labute approximate surface area is 147 Å². The van der Waals surface area contributed by atoms with Gasteiger partial charge in [0, 0.05) is 23.7 Å². The molecule has 0 aromatic heterocycles. The number of carbonyl (C=O) groups is 1. The highest BCUT2D eigenvalue weighted by Crippen LogP contribution is 2.34. The van der Waals surface area contributed by atoms with Crippen molar-refractivity contribution in [3.63, 3.8) is 0 Å². The zero-order valence-corrected chi connectivity index (χ0v) is 14.4. The van der Waals surface area contributed by atoms with Crippen molar-refractivity contribution in [3.05, 3.63) is 71.3 Å². The van der Waals surface area contributed by atoms with Gasteiger partial charge in [0.05, 0.1) is 13.2 Å². The minimum absolute atomic E-state index is 0.0502. The van der Waals surface area contributed by atoms with Gasteiger partial charge in [0.25, 0.3) is 0 Å². The first-order valence-corrected chi connectivity index (χ1v) is 8.23. The number of likely N-dealkylation sites (N-methyl/N-ethyl adjacent to an activating group) is 1. The lowest BCUT2D eigenvalue weighted by Gasteiger charge is -2.20. The van der Waals surface area contributed by atoms with Crippen molar-refractivity contribution in [1.29, 1.82) is 0 Å². The van der Waals surface area contributed by atoms with Crippen LogP contribution in [0.2, 0.25) is 0 Å². The van der Waals surface area contributed by atoms with Crippen molar-refractivity contribution >= 4 is 5.91 Å². The summed E-state index contributed by atoms with van der Waals surface area (Å²) in [4.78, 5) is 12.0. The predicted octanol–water partition coefficient (Wildman–Crippen LogP) is 2.59. The molecule has 1 amide bonds. The Balaban J connectivity index is 1.80. The molecule has 0 radical (unpaired) electrons. The highest BCUT2D eigenvalue weighted by molar-refractivity contribution is 5.97. The fourth-order valence-electron chi connectivity index (χ4n) is 2.94. The molecule has 3 rings (SSSR count). The molecule has 2 N–H and O–H groups in total. The summed E-state index contributed by atoms with van der Waals surface area (Å²) in [5.74, 6) is 1.36. The van der Waals surface area contributed by atoms with Crippen LogP contribution in [0.25, 0.3) is 0 Å². The topological polar surface area (TPSA) is 59.6 Å². The van der Waals surface area contributed by atoms with Gasteiger partial charge in [0.15, 0.2) is 0 Å². The van der Waals surface area contributed by atoms with E-state index < -0.39 is 0 Å². The van der Waals surface area contributed by atoms with Crippen LogP contribution < -0.4 is 20.1 Å². The van der Waals surface area contributed by atoms with E-state index in [0.29, 0.717) is 24.5 Å². The SMILES string of the molecule is CNC(C1=CCNC1=O)c1ccc(OCc2ccccc2)cc1OC. The first kappa shape index (κ1) is 17.0.